The van der Waals surface area contributed by atoms with E-state index in [1.807, 2.05) is 6.92 Å². The van der Waals surface area contributed by atoms with Gasteiger partial charge in [0.05, 0.1) is 4.92 Å². The Morgan fingerprint density at radius 3 is 2.50 bits per heavy atom. The molecule has 112 valence electrons. The van der Waals surface area contributed by atoms with Crippen molar-refractivity contribution in [3.8, 4) is 0 Å². The van der Waals surface area contributed by atoms with Crippen LogP contribution in [0.2, 0.25) is 0 Å². The third kappa shape index (κ3) is 4.00. The Kier molecular flexibility index (Phi) is 6.07. The molecule has 5 nitrogen and oxygen atoms in total. The van der Waals surface area contributed by atoms with Crippen LogP contribution in [0.15, 0.2) is 12.1 Å². The van der Waals surface area contributed by atoms with Gasteiger partial charge in [-0.05, 0) is 38.8 Å². The van der Waals surface area contributed by atoms with Crippen LogP contribution in [0.1, 0.15) is 51.4 Å². The topological polar surface area (TPSA) is 68.1 Å². The fourth-order valence-corrected chi connectivity index (χ4v) is 2.60. The molecule has 2 atom stereocenters. The molecule has 0 saturated carbocycles. The average molecular weight is 279 g/mol. The standard InChI is InChI=1S/C15H25N3O2/c1-6-9-16-12(5)14(10(2)3)15-13(18(19)20)8-7-11(4)17-15/h7-8,10,12,14,16H,6,9H2,1-5H3. The van der Waals surface area contributed by atoms with Gasteiger partial charge in [0.2, 0.25) is 0 Å². The molecule has 2 unspecified atom stereocenters. The second-order valence-corrected chi connectivity index (χ2v) is 5.63. The zero-order valence-electron chi connectivity index (χ0n) is 13.0. The van der Waals surface area contributed by atoms with Crippen LogP contribution in [0, 0.1) is 23.0 Å². The first kappa shape index (κ1) is 16.6. The van der Waals surface area contributed by atoms with Gasteiger partial charge in [0.25, 0.3) is 5.69 Å². The summed E-state index contributed by atoms with van der Waals surface area (Å²) in [6.07, 6.45) is 1.04. The van der Waals surface area contributed by atoms with Crippen molar-refractivity contribution in [2.24, 2.45) is 5.92 Å². The van der Waals surface area contributed by atoms with Gasteiger partial charge in [-0.1, -0.05) is 20.8 Å². The van der Waals surface area contributed by atoms with E-state index in [1.54, 1.807) is 12.1 Å². The van der Waals surface area contributed by atoms with E-state index in [1.165, 1.54) is 0 Å². The van der Waals surface area contributed by atoms with Gasteiger partial charge in [-0.2, -0.15) is 0 Å². The fourth-order valence-electron chi connectivity index (χ4n) is 2.60. The van der Waals surface area contributed by atoms with Crippen molar-refractivity contribution in [3.05, 3.63) is 33.6 Å². The highest BCUT2D eigenvalue weighted by molar-refractivity contribution is 5.39. The third-order valence-electron chi connectivity index (χ3n) is 3.53. The summed E-state index contributed by atoms with van der Waals surface area (Å²) in [6, 6.07) is 3.42. The third-order valence-corrected chi connectivity index (χ3v) is 3.53. The highest BCUT2D eigenvalue weighted by Gasteiger charge is 2.30. The zero-order chi connectivity index (χ0) is 15.3. The first-order valence-electron chi connectivity index (χ1n) is 7.23. The second kappa shape index (κ2) is 7.33. The summed E-state index contributed by atoms with van der Waals surface area (Å²) in [7, 11) is 0. The van der Waals surface area contributed by atoms with Gasteiger partial charge in [-0.15, -0.1) is 0 Å². The minimum absolute atomic E-state index is 0.0295. The number of nitrogens with one attached hydrogen (secondary N) is 1. The van der Waals surface area contributed by atoms with Crippen molar-refractivity contribution in [3.63, 3.8) is 0 Å². The number of rotatable bonds is 7. The quantitative estimate of drug-likeness (QED) is 0.613. The summed E-state index contributed by atoms with van der Waals surface area (Å²) in [5, 5.41) is 14.7. The Labute approximate surface area is 121 Å². The Morgan fingerprint density at radius 2 is 2.00 bits per heavy atom. The molecule has 0 aromatic carbocycles. The molecular weight excluding hydrogens is 254 g/mol. The van der Waals surface area contributed by atoms with E-state index in [0.29, 0.717) is 5.69 Å². The van der Waals surface area contributed by atoms with Gasteiger partial charge in [0.15, 0.2) is 0 Å². The Balaban J connectivity index is 3.20. The van der Waals surface area contributed by atoms with Crippen molar-refractivity contribution >= 4 is 5.69 Å². The summed E-state index contributed by atoms with van der Waals surface area (Å²) in [5.74, 6) is 0.309. The molecular formula is C15H25N3O2. The van der Waals surface area contributed by atoms with Gasteiger partial charge < -0.3 is 5.32 Å². The lowest BCUT2D eigenvalue weighted by molar-refractivity contribution is -0.386. The van der Waals surface area contributed by atoms with E-state index in [9.17, 15) is 10.1 Å². The van der Waals surface area contributed by atoms with E-state index < -0.39 is 0 Å². The van der Waals surface area contributed by atoms with E-state index in [4.69, 9.17) is 0 Å². The molecule has 20 heavy (non-hydrogen) atoms. The van der Waals surface area contributed by atoms with Crippen molar-refractivity contribution in [2.75, 3.05) is 6.54 Å². The van der Waals surface area contributed by atoms with Crippen LogP contribution >= 0.6 is 0 Å². The van der Waals surface area contributed by atoms with Crippen molar-refractivity contribution < 1.29 is 4.92 Å². The minimum Gasteiger partial charge on any atom is -0.314 e. The Morgan fingerprint density at radius 1 is 1.35 bits per heavy atom. The molecule has 0 bridgehead atoms. The molecule has 0 spiro atoms. The first-order valence-corrected chi connectivity index (χ1v) is 7.23. The van der Waals surface area contributed by atoms with Crippen LogP contribution in [0.5, 0.6) is 0 Å². The summed E-state index contributed by atoms with van der Waals surface area (Å²) in [6.45, 7) is 11.1. The summed E-state index contributed by atoms with van der Waals surface area (Å²) >= 11 is 0. The summed E-state index contributed by atoms with van der Waals surface area (Å²) in [4.78, 5) is 15.4. The minimum atomic E-state index is -0.330. The van der Waals surface area contributed by atoms with E-state index in [-0.39, 0.29) is 28.5 Å². The molecule has 0 saturated heterocycles. The maximum absolute atomic E-state index is 11.2. The van der Waals surface area contributed by atoms with E-state index >= 15 is 0 Å². The van der Waals surface area contributed by atoms with Crippen LogP contribution in [0.25, 0.3) is 0 Å². The first-order chi connectivity index (χ1) is 9.38. The number of nitrogens with zero attached hydrogens (tertiary/aromatic N) is 2. The number of hydrogen-bond donors (Lipinski definition) is 1. The lowest BCUT2D eigenvalue weighted by atomic mass is 9.85. The lowest BCUT2D eigenvalue weighted by Gasteiger charge is -2.27. The van der Waals surface area contributed by atoms with Crippen LogP contribution in [-0.2, 0) is 0 Å². The van der Waals surface area contributed by atoms with Gasteiger partial charge in [-0.3, -0.25) is 15.1 Å². The van der Waals surface area contributed by atoms with Gasteiger partial charge in [-0.25, -0.2) is 0 Å². The smallest absolute Gasteiger partial charge is 0.291 e. The van der Waals surface area contributed by atoms with Crippen LogP contribution in [0.4, 0.5) is 5.69 Å². The van der Waals surface area contributed by atoms with Crippen molar-refractivity contribution in [1.82, 2.24) is 10.3 Å². The number of aromatic nitrogens is 1. The molecule has 0 amide bonds. The molecule has 1 rings (SSSR count). The van der Waals surface area contributed by atoms with Crippen molar-refractivity contribution in [1.29, 1.82) is 0 Å². The normalized spacial score (nSPS) is 14.3. The van der Waals surface area contributed by atoms with Gasteiger partial charge in [0, 0.05) is 23.7 Å². The molecule has 0 fully saturated rings. The molecule has 0 aliphatic carbocycles. The molecule has 5 heteroatoms. The SMILES string of the molecule is CCCNC(C)C(c1nc(C)ccc1[N+](=O)[O-])C(C)C. The molecule has 0 aliphatic rings. The number of hydrogen-bond acceptors (Lipinski definition) is 4. The number of nitro groups is 1. The lowest BCUT2D eigenvalue weighted by Crippen LogP contribution is -2.36. The number of aryl methyl sites for hydroxylation is 1. The zero-order valence-corrected chi connectivity index (χ0v) is 13.0. The highest BCUT2D eigenvalue weighted by Crippen LogP contribution is 2.33. The predicted molar refractivity (Wildman–Crippen MR) is 81.0 cm³/mol. The Hall–Kier alpha value is -1.49. The maximum Gasteiger partial charge on any atom is 0.291 e. The van der Waals surface area contributed by atoms with Crippen LogP contribution < -0.4 is 5.32 Å². The largest absolute Gasteiger partial charge is 0.314 e. The number of pyridine rings is 1. The maximum atomic E-state index is 11.2. The summed E-state index contributed by atoms with van der Waals surface area (Å²) < 4.78 is 0. The molecule has 0 aliphatic heterocycles. The second-order valence-electron chi connectivity index (χ2n) is 5.63. The van der Waals surface area contributed by atoms with Crippen LogP contribution in [0.3, 0.4) is 0 Å². The summed E-state index contributed by atoms with van der Waals surface area (Å²) in [5.41, 5.74) is 1.54. The average Bonchev–Trinajstić information content (AvgIpc) is 2.35. The molecule has 0 radical (unpaired) electrons. The highest BCUT2D eigenvalue weighted by atomic mass is 16.6. The molecule has 1 aromatic heterocycles. The van der Waals surface area contributed by atoms with Gasteiger partial charge >= 0.3 is 0 Å². The van der Waals surface area contributed by atoms with E-state index in [0.717, 1.165) is 18.7 Å². The Bertz CT molecular complexity index is 460. The van der Waals surface area contributed by atoms with E-state index in [2.05, 4.69) is 38.0 Å². The van der Waals surface area contributed by atoms with Crippen molar-refractivity contribution in [2.45, 2.75) is 53.0 Å². The fraction of sp³-hybridized carbons (Fsp3) is 0.667. The van der Waals surface area contributed by atoms with Crippen LogP contribution in [-0.4, -0.2) is 22.5 Å². The predicted octanol–water partition coefficient (Wildman–Crippen LogP) is 3.43. The van der Waals surface area contributed by atoms with Gasteiger partial charge in [0.1, 0.15) is 5.69 Å². The monoisotopic (exact) mass is 279 g/mol. The molecule has 1 heterocycles. The molecule has 1 N–H and O–H groups in total. The molecule has 1 aromatic rings.